The number of halogens is 1. The molecule has 132 valence electrons. The molecule has 1 heterocycles. The maximum Gasteiger partial charge on any atom is 0.146 e. The lowest BCUT2D eigenvalue weighted by atomic mass is 10.00. The van der Waals surface area contributed by atoms with Crippen LogP contribution in [0, 0.1) is 5.82 Å². The van der Waals surface area contributed by atoms with Gasteiger partial charge in [0.25, 0.3) is 0 Å². The number of phenolic OH excluding ortho intramolecular Hbond substituents is 1. The Labute approximate surface area is 147 Å². The first-order valence-electron chi connectivity index (χ1n) is 9.00. The lowest BCUT2D eigenvalue weighted by Gasteiger charge is -2.12. The molecule has 2 aromatic carbocycles. The van der Waals surface area contributed by atoms with Gasteiger partial charge in [-0.2, -0.15) is 0 Å². The van der Waals surface area contributed by atoms with Crippen LogP contribution in [0.5, 0.6) is 5.75 Å². The minimum Gasteiger partial charge on any atom is -0.505 e. The molecule has 5 heteroatoms. The van der Waals surface area contributed by atoms with E-state index in [1.807, 2.05) is 6.07 Å². The van der Waals surface area contributed by atoms with Crippen LogP contribution in [-0.4, -0.2) is 20.1 Å². The summed E-state index contributed by atoms with van der Waals surface area (Å²) in [5, 5.41) is 19.5. The highest BCUT2D eigenvalue weighted by atomic mass is 19.1. The van der Waals surface area contributed by atoms with Gasteiger partial charge in [0, 0.05) is 6.07 Å². The third kappa shape index (κ3) is 3.81. The third-order valence-corrected chi connectivity index (χ3v) is 4.41. The van der Waals surface area contributed by atoms with Gasteiger partial charge in [-0.3, -0.25) is 0 Å². The molecule has 3 aromatic rings. The van der Waals surface area contributed by atoms with E-state index in [2.05, 4.69) is 30.1 Å². The molecule has 25 heavy (non-hydrogen) atoms. The van der Waals surface area contributed by atoms with Crippen LogP contribution in [0.15, 0.2) is 30.3 Å². The molecule has 1 aromatic heterocycles. The summed E-state index contributed by atoms with van der Waals surface area (Å²) >= 11 is 0. The molecule has 0 atom stereocenters. The lowest BCUT2D eigenvalue weighted by molar-refractivity contribution is 0.459. The predicted molar refractivity (Wildman–Crippen MR) is 97.7 cm³/mol. The van der Waals surface area contributed by atoms with Crippen molar-refractivity contribution in [2.75, 3.05) is 0 Å². The van der Waals surface area contributed by atoms with Crippen molar-refractivity contribution < 1.29 is 9.50 Å². The lowest BCUT2D eigenvalue weighted by Crippen LogP contribution is -2.03. The number of aryl methyl sites for hydroxylation is 2. The van der Waals surface area contributed by atoms with Crippen LogP contribution in [0.4, 0.5) is 4.39 Å². The van der Waals surface area contributed by atoms with Crippen LogP contribution >= 0.6 is 0 Å². The SMILES string of the molecule is CCCCc1cc(CCCC)c(O)c(-n2nc3ccc(F)cc3n2)c1. The van der Waals surface area contributed by atoms with Crippen molar-refractivity contribution in [3.05, 3.63) is 47.3 Å². The fourth-order valence-electron chi connectivity index (χ4n) is 2.97. The molecular formula is C20H24FN3O. The van der Waals surface area contributed by atoms with Crippen LogP contribution < -0.4 is 0 Å². The van der Waals surface area contributed by atoms with Gasteiger partial charge < -0.3 is 5.11 Å². The second kappa shape index (κ2) is 7.64. The molecule has 0 bridgehead atoms. The molecule has 1 N–H and O–H groups in total. The summed E-state index contributed by atoms with van der Waals surface area (Å²) in [5.41, 5.74) is 3.76. The quantitative estimate of drug-likeness (QED) is 0.661. The smallest absolute Gasteiger partial charge is 0.146 e. The minimum atomic E-state index is -0.343. The monoisotopic (exact) mass is 341 g/mol. The van der Waals surface area contributed by atoms with Gasteiger partial charge in [-0.05, 0) is 55.0 Å². The number of aromatic hydroxyl groups is 1. The van der Waals surface area contributed by atoms with E-state index in [0.717, 1.165) is 44.1 Å². The summed E-state index contributed by atoms with van der Waals surface area (Å²) in [6.07, 6.45) is 6.07. The minimum absolute atomic E-state index is 0.217. The standard InChI is InChI=1S/C20H24FN3O/c1-3-5-7-14-11-15(8-6-4-2)20(25)19(12-14)24-22-17-10-9-16(21)13-18(17)23-24/h9-13,25H,3-8H2,1-2H3. The number of aromatic nitrogens is 3. The molecule has 0 aliphatic rings. The summed E-state index contributed by atoms with van der Waals surface area (Å²) in [6.45, 7) is 4.30. The first kappa shape index (κ1) is 17.4. The predicted octanol–water partition coefficient (Wildman–Crippen LogP) is 4.95. The van der Waals surface area contributed by atoms with Gasteiger partial charge in [0.15, 0.2) is 0 Å². The highest BCUT2D eigenvalue weighted by molar-refractivity contribution is 5.74. The largest absolute Gasteiger partial charge is 0.505 e. The van der Waals surface area contributed by atoms with Crippen LogP contribution in [-0.2, 0) is 12.8 Å². The zero-order valence-electron chi connectivity index (χ0n) is 14.8. The van der Waals surface area contributed by atoms with Gasteiger partial charge in [-0.1, -0.05) is 32.8 Å². The molecule has 0 aliphatic heterocycles. The van der Waals surface area contributed by atoms with E-state index < -0.39 is 0 Å². The van der Waals surface area contributed by atoms with E-state index in [1.165, 1.54) is 22.5 Å². The molecule has 3 rings (SSSR count). The van der Waals surface area contributed by atoms with Gasteiger partial charge in [0.1, 0.15) is 28.3 Å². The molecular weight excluding hydrogens is 317 g/mol. The number of fused-ring (bicyclic) bond motifs is 1. The van der Waals surface area contributed by atoms with Gasteiger partial charge in [0.2, 0.25) is 0 Å². The highest BCUT2D eigenvalue weighted by Crippen LogP contribution is 2.30. The number of rotatable bonds is 7. The Balaban J connectivity index is 2.07. The Morgan fingerprint density at radius 2 is 1.68 bits per heavy atom. The molecule has 0 unspecified atom stereocenters. The van der Waals surface area contributed by atoms with E-state index in [-0.39, 0.29) is 11.6 Å². The van der Waals surface area contributed by atoms with E-state index in [1.54, 1.807) is 6.07 Å². The fourth-order valence-corrected chi connectivity index (χ4v) is 2.97. The Hall–Kier alpha value is -2.43. The molecule has 0 amide bonds. The summed E-state index contributed by atoms with van der Waals surface area (Å²) < 4.78 is 13.4. The molecule has 4 nitrogen and oxygen atoms in total. The van der Waals surface area contributed by atoms with Crippen LogP contribution in [0.2, 0.25) is 0 Å². The molecule has 0 saturated carbocycles. The average Bonchev–Trinajstić information content (AvgIpc) is 3.02. The van der Waals surface area contributed by atoms with Crippen molar-refractivity contribution in [1.29, 1.82) is 0 Å². The zero-order chi connectivity index (χ0) is 17.8. The van der Waals surface area contributed by atoms with Gasteiger partial charge in [-0.15, -0.1) is 15.0 Å². The topological polar surface area (TPSA) is 50.9 Å². The van der Waals surface area contributed by atoms with Crippen LogP contribution in [0.1, 0.15) is 50.7 Å². The van der Waals surface area contributed by atoms with Crippen molar-refractivity contribution in [2.45, 2.75) is 52.4 Å². The van der Waals surface area contributed by atoms with E-state index in [0.29, 0.717) is 16.7 Å². The number of hydrogen-bond donors (Lipinski definition) is 1. The van der Waals surface area contributed by atoms with E-state index in [9.17, 15) is 9.50 Å². The third-order valence-electron chi connectivity index (χ3n) is 4.41. The van der Waals surface area contributed by atoms with Crippen molar-refractivity contribution in [3.63, 3.8) is 0 Å². The normalized spacial score (nSPS) is 11.3. The second-order valence-corrected chi connectivity index (χ2v) is 6.45. The Kier molecular flexibility index (Phi) is 5.31. The van der Waals surface area contributed by atoms with E-state index >= 15 is 0 Å². The number of nitrogens with zero attached hydrogens (tertiary/aromatic N) is 3. The number of hydrogen-bond acceptors (Lipinski definition) is 3. The van der Waals surface area contributed by atoms with Gasteiger partial charge in [-0.25, -0.2) is 4.39 Å². The maximum absolute atomic E-state index is 13.4. The van der Waals surface area contributed by atoms with E-state index in [4.69, 9.17) is 0 Å². The molecule has 0 radical (unpaired) electrons. The van der Waals surface area contributed by atoms with Crippen molar-refractivity contribution in [3.8, 4) is 11.4 Å². The number of benzene rings is 2. The molecule has 0 aliphatic carbocycles. The number of unbranched alkanes of at least 4 members (excludes halogenated alkanes) is 2. The number of phenols is 1. The van der Waals surface area contributed by atoms with Crippen molar-refractivity contribution in [2.24, 2.45) is 0 Å². The van der Waals surface area contributed by atoms with Crippen molar-refractivity contribution in [1.82, 2.24) is 15.0 Å². The van der Waals surface area contributed by atoms with Gasteiger partial charge in [0.05, 0.1) is 0 Å². The van der Waals surface area contributed by atoms with Crippen LogP contribution in [0.25, 0.3) is 16.7 Å². The average molecular weight is 341 g/mol. The highest BCUT2D eigenvalue weighted by Gasteiger charge is 2.14. The molecule has 0 spiro atoms. The summed E-state index contributed by atoms with van der Waals surface area (Å²) in [4.78, 5) is 1.42. The molecule has 0 saturated heterocycles. The summed E-state index contributed by atoms with van der Waals surface area (Å²) in [7, 11) is 0. The summed E-state index contributed by atoms with van der Waals surface area (Å²) in [6, 6.07) is 8.35. The summed E-state index contributed by atoms with van der Waals surface area (Å²) in [5.74, 6) is -0.126. The van der Waals surface area contributed by atoms with Crippen molar-refractivity contribution >= 4 is 11.0 Å². The maximum atomic E-state index is 13.4. The Morgan fingerprint density at radius 1 is 0.960 bits per heavy atom. The Morgan fingerprint density at radius 3 is 2.44 bits per heavy atom. The molecule has 0 fully saturated rings. The zero-order valence-corrected chi connectivity index (χ0v) is 14.8. The second-order valence-electron chi connectivity index (χ2n) is 6.45. The van der Waals surface area contributed by atoms with Crippen LogP contribution in [0.3, 0.4) is 0 Å². The fraction of sp³-hybridized carbons (Fsp3) is 0.400. The first-order chi connectivity index (χ1) is 12.1. The Bertz CT molecular complexity index is 873. The first-order valence-corrected chi connectivity index (χ1v) is 9.00. The van der Waals surface area contributed by atoms with Gasteiger partial charge >= 0.3 is 0 Å².